The Morgan fingerprint density at radius 2 is 1.60 bits per heavy atom. The number of hydrogen-bond donors (Lipinski definition) is 0. The summed E-state index contributed by atoms with van der Waals surface area (Å²) in [6.07, 6.45) is 0.0791. The number of aromatic nitrogens is 1. The van der Waals surface area contributed by atoms with Crippen LogP contribution in [-0.2, 0) is 4.79 Å². The van der Waals surface area contributed by atoms with Gasteiger partial charge in [-0.05, 0) is 30.3 Å². The van der Waals surface area contributed by atoms with Gasteiger partial charge in [-0.1, -0.05) is 48.5 Å². The van der Waals surface area contributed by atoms with Crippen molar-refractivity contribution >= 4 is 16.9 Å². The van der Waals surface area contributed by atoms with Gasteiger partial charge in [0.05, 0.1) is 24.6 Å². The lowest BCUT2D eigenvalue weighted by Gasteiger charge is -2.27. The fourth-order valence-electron chi connectivity index (χ4n) is 4.23. The quantitative estimate of drug-likeness (QED) is 0.480. The zero-order chi connectivity index (χ0) is 20.7. The molecular formula is C25H19NO4. The molecular weight excluding hydrogens is 378 g/mol. The lowest BCUT2D eigenvalue weighted by molar-refractivity contribution is -0.135. The van der Waals surface area contributed by atoms with E-state index in [1.807, 2.05) is 78.9 Å². The third kappa shape index (κ3) is 2.78. The first kappa shape index (κ1) is 18.2. The van der Waals surface area contributed by atoms with Crippen molar-refractivity contribution < 1.29 is 14.3 Å². The van der Waals surface area contributed by atoms with Crippen molar-refractivity contribution in [3.63, 3.8) is 0 Å². The maximum Gasteiger partial charge on any atom is 0.312 e. The van der Waals surface area contributed by atoms with E-state index in [1.165, 1.54) is 0 Å². The van der Waals surface area contributed by atoms with Gasteiger partial charge in [0.15, 0.2) is 0 Å². The summed E-state index contributed by atoms with van der Waals surface area (Å²) in [7, 11) is 1.59. The second-order valence-electron chi connectivity index (χ2n) is 7.21. The van der Waals surface area contributed by atoms with E-state index in [9.17, 15) is 9.59 Å². The number of hydrogen-bond acceptors (Lipinski definition) is 4. The second kappa shape index (κ2) is 7.19. The van der Waals surface area contributed by atoms with E-state index in [4.69, 9.17) is 9.47 Å². The van der Waals surface area contributed by atoms with Crippen LogP contribution in [0.15, 0.2) is 83.7 Å². The number of carbonyl (C=O) groups is 1. The molecule has 3 aromatic carbocycles. The number of carbonyl (C=O) groups excluding carboxylic acids is 1. The first-order valence-electron chi connectivity index (χ1n) is 9.75. The van der Waals surface area contributed by atoms with Crippen LogP contribution < -0.4 is 15.0 Å². The largest absolute Gasteiger partial charge is 0.496 e. The zero-order valence-corrected chi connectivity index (χ0v) is 16.4. The normalized spacial score (nSPS) is 15.5. The number of ether oxygens (including phenoxy) is 2. The highest BCUT2D eigenvalue weighted by Crippen LogP contribution is 2.43. The van der Waals surface area contributed by atoms with Crippen LogP contribution in [0.1, 0.15) is 23.5 Å². The molecule has 5 rings (SSSR count). The molecule has 0 saturated carbocycles. The number of benzene rings is 3. The van der Waals surface area contributed by atoms with Crippen molar-refractivity contribution in [1.82, 2.24) is 4.57 Å². The van der Waals surface area contributed by atoms with Gasteiger partial charge in [0.2, 0.25) is 0 Å². The van der Waals surface area contributed by atoms with Gasteiger partial charge in [-0.25, -0.2) is 0 Å². The molecule has 0 N–H and O–H groups in total. The summed E-state index contributed by atoms with van der Waals surface area (Å²) in [5.74, 6) is 0.168. The molecule has 1 unspecified atom stereocenters. The number of esters is 1. The Kier molecular flexibility index (Phi) is 4.36. The first-order chi connectivity index (χ1) is 14.7. The molecule has 5 nitrogen and oxygen atoms in total. The van der Waals surface area contributed by atoms with Crippen LogP contribution in [0.2, 0.25) is 0 Å². The van der Waals surface area contributed by atoms with Gasteiger partial charge in [0, 0.05) is 22.6 Å². The Morgan fingerprint density at radius 3 is 2.40 bits per heavy atom. The Bertz CT molecular complexity index is 1320. The highest BCUT2D eigenvalue weighted by molar-refractivity contribution is 5.92. The van der Waals surface area contributed by atoms with E-state index in [1.54, 1.807) is 11.7 Å². The zero-order valence-electron chi connectivity index (χ0n) is 16.4. The molecule has 1 aliphatic heterocycles. The lowest BCUT2D eigenvalue weighted by atomic mass is 9.85. The smallest absolute Gasteiger partial charge is 0.312 e. The van der Waals surface area contributed by atoms with Crippen molar-refractivity contribution in [3.05, 3.63) is 100 Å². The van der Waals surface area contributed by atoms with Gasteiger partial charge >= 0.3 is 5.97 Å². The highest BCUT2D eigenvalue weighted by Gasteiger charge is 2.35. The monoisotopic (exact) mass is 397 g/mol. The van der Waals surface area contributed by atoms with Crippen molar-refractivity contribution in [2.45, 2.75) is 12.3 Å². The van der Waals surface area contributed by atoms with E-state index >= 15 is 0 Å². The van der Waals surface area contributed by atoms with Crippen LogP contribution in [0.3, 0.4) is 0 Å². The molecule has 5 heteroatoms. The Balaban J connectivity index is 1.89. The van der Waals surface area contributed by atoms with Crippen molar-refractivity contribution in [2.75, 3.05) is 7.11 Å². The van der Waals surface area contributed by atoms with Crippen molar-refractivity contribution in [2.24, 2.45) is 0 Å². The molecule has 1 atom stereocenters. The van der Waals surface area contributed by atoms with Gasteiger partial charge < -0.3 is 9.47 Å². The molecule has 30 heavy (non-hydrogen) atoms. The van der Waals surface area contributed by atoms with E-state index in [2.05, 4.69) is 0 Å². The van der Waals surface area contributed by atoms with Gasteiger partial charge in [-0.15, -0.1) is 0 Å². The standard InChI is InChI=1S/C25H19NO4/c1-29-21-14-8-6-11-17(21)19-15-22(27)30-24-18-12-5-7-13-20(18)26(25(28)23(19)24)16-9-3-2-4-10-16/h2-14,19H,15H2,1H3. The summed E-state index contributed by atoms with van der Waals surface area (Å²) in [6, 6.07) is 24.5. The predicted octanol–water partition coefficient (Wildman–Crippen LogP) is 4.44. The van der Waals surface area contributed by atoms with Crippen LogP contribution >= 0.6 is 0 Å². The van der Waals surface area contributed by atoms with Gasteiger partial charge in [0.1, 0.15) is 11.5 Å². The second-order valence-corrected chi connectivity index (χ2v) is 7.21. The molecule has 0 aliphatic carbocycles. The predicted molar refractivity (Wildman–Crippen MR) is 115 cm³/mol. The number of pyridine rings is 1. The topological polar surface area (TPSA) is 57.5 Å². The fourth-order valence-corrected chi connectivity index (χ4v) is 4.23. The molecule has 148 valence electrons. The van der Waals surface area contributed by atoms with Crippen LogP contribution in [0.4, 0.5) is 0 Å². The number of methoxy groups -OCH3 is 1. The third-order valence-electron chi connectivity index (χ3n) is 5.53. The Hall–Kier alpha value is -3.86. The average Bonchev–Trinajstić information content (AvgIpc) is 2.79. The van der Waals surface area contributed by atoms with Crippen LogP contribution in [0.5, 0.6) is 11.5 Å². The summed E-state index contributed by atoms with van der Waals surface area (Å²) in [4.78, 5) is 26.4. The molecule has 4 aromatic rings. The Morgan fingerprint density at radius 1 is 0.900 bits per heavy atom. The minimum Gasteiger partial charge on any atom is -0.496 e. The highest BCUT2D eigenvalue weighted by atomic mass is 16.5. The molecule has 1 aliphatic rings. The molecule has 0 amide bonds. The molecule has 0 spiro atoms. The average molecular weight is 397 g/mol. The number of rotatable bonds is 3. The van der Waals surface area contributed by atoms with Crippen LogP contribution in [-0.4, -0.2) is 17.6 Å². The molecule has 2 heterocycles. The first-order valence-corrected chi connectivity index (χ1v) is 9.75. The van der Waals surface area contributed by atoms with Crippen LogP contribution in [0.25, 0.3) is 16.6 Å². The number of para-hydroxylation sites is 3. The minimum atomic E-state index is -0.454. The number of nitrogens with zero attached hydrogens (tertiary/aromatic N) is 1. The molecule has 0 radical (unpaired) electrons. The van der Waals surface area contributed by atoms with Crippen molar-refractivity contribution in [1.29, 1.82) is 0 Å². The summed E-state index contributed by atoms with van der Waals surface area (Å²) >= 11 is 0. The van der Waals surface area contributed by atoms with E-state index in [-0.39, 0.29) is 17.9 Å². The molecule has 0 bridgehead atoms. The SMILES string of the molecule is COc1ccccc1C1CC(=O)Oc2c1c(=O)n(-c1ccccc1)c1ccccc21. The van der Waals surface area contributed by atoms with Crippen molar-refractivity contribution in [3.8, 4) is 17.2 Å². The summed E-state index contributed by atoms with van der Waals surface area (Å²) in [5, 5.41) is 0.726. The third-order valence-corrected chi connectivity index (χ3v) is 5.53. The van der Waals surface area contributed by atoms with E-state index < -0.39 is 5.92 Å². The Labute approximate surface area is 173 Å². The fraction of sp³-hybridized carbons (Fsp3) is 0.120. The molecule has 0 saturated heterocycles. The van der Waals surface area contributed by atoms with Gasteiger partial charge in [-0.3, -0.25) is 14.2 Å². The number of fused-ring (bicyclic) bond motifs is 3. The summed E-state index contributed by atoms with van der Waals surface area (Å²) < 4.78 is 12.9. The minimum absolute atomic E-state index is 0.0791. The maximum atomic E-state index is 13.8. The molecule has 1 aromatic heterocycles. The van der Waals surface area contributed by atoms with E-state index in [0.717, 1.165) is 16.6 Å². The molecule has 0 fully saturated rings. The maximum absolute atomic E-state index is 13.8. The summed E-state index contributed by atoms with van der Waals surface area (Å²) in [6.45, 7) is 0. The van der Waals surface area contributed by atoms with Gasteiger partial charge in [0.25, 0.3) is 5.56 Å². The van der Waals surface area contributed by atoms with E-state index in [0.29, 0.717) is 22.6 Å². The van der Waals surface area contributed by atoms with Gasteiger partial charge in [-0.2, -0.15) is 0 Å². The summed E-state index contributed by atoms with van der Waals surface area (Å²) in [5.41, 5.74) is 2.53. The lowest BCUT2D eigenvalue weighted by Crippen LogP contribution is -2.32. The van der Waals surface area contributed by atoms with Crippen LogP contribution in [0, 0.1) is 0 Å².